The molecule has 2 unspecified atom stereocenters. The van der Waals surface area contributed by atoms with E-state index in [0.29, 0.717) is 12.3 Å². The monoisotopic (exact) mass is 190 g/mol. The first-order valence-corrected chi connectivity index (χ1v) is 6.29. The number of rotatable bonds is 2. The zero-order valence-electron chi connectivity index (χ0n) is 6.94. The Morgan fingerprint density at radius 2 is 1.83 bits per heavy atom. The summed E-state index contributed by atoms with van der Waals surface area (Å²) in [5, 5.41) is 9.66. The summed E-state index contributed by atoms with van der Waals surface area (Å²) in [6, 6.07) is 0. The second-order valence-corrected chi connectivity index (χ2v) is 6.22. The third-order valence-electron chi connectivity index (χ3n) is 2.86. The highest BCUT2D eigenvalue weighted by molar-refractivity contribution is 7.91. The molecule has 0 aromatic heterocycles. The molecular formula is C8H14O3S. The Hall–Kier alpha value is -0.0900. The molecule has 2 rings (SSSR count). The molecule has 2 atom stereocenters. The summed E-state index contributed by atoms with van der Waals surface area (Å²) in [5.41, 5.74) is 0. The van der Waals surface area contributed by atoms with Gasteiger partial charge in [0.25, 0.3) is 0 Å². The van der Waals surface area contributed by atoms with Crippen LogP contribution in [0.3, 0.4) is 0 Å². The van der Waals surface area contributed by atoms with Crippen molar-refractivity contribution in [2.45, 2.75) is 25.4 Å². The first-order chi connectivity index (χ1) is 5.58. The van der Waals surface area contributed by atoms with Gasteiger partial charge < -0.3 is 5.11 Å². The summed E-state index contributed by atoms with van der Waals surface area (Å²) in [4.78, 5) is 0. The molecule has 2 aliphatic rings. The molecule has 0 aromatic carbocycles. The number of sulfone groups is 1. The molecule has 3 nitrogen and oxygen atoms in total. The summed E-state index contributed by atoms with van der Waals surface area (Å²) >= 11 is 0. The van der Waals surface area contributed by atoms with Crippen molar-refractivity contribution < 1.29 is 13.5 Å². The lowest BCUT2D eigenvalue weighted by molar-refractivity contribution is 0.0981. The van der Waals surface area contributed by atoms with Gasteiger partial charge in [0, 0.05) is 0 Å². The number of hydrogen-bond acceptors (Lipinski definition) is 3. The van der Waals surface area contributed by atoms with E-state index in [-0.39, 0.29) is 23.5 Å². The van der Waals surface area contributed by atoms with E-state index >= 15 is 0 Å². The van der Waals surface area contributed by atoms with Crippen LogP contribution in [0.5, 0.6) is 0 Å². The lowest BCUT2D eigenvalue weighted by Gasteiger charge is -2.14. The van der Waals surface area contributed by atoms with Crippen LogP contribution >= 0.6 is 0 Å². The average molecular weight is 190 g/mol. The second-order valence-electron chi connectivity index (χ2n) is 3.99. The van der Waals surface area contributed by atoms with Gasteiger partial charge in [0.2, 0.25) is 0 Å². The van der Waals surface area contributed by atoms with E-state index in [1.807, 2.05) is 0 Å². The maximum Gasteiger partial charge on any atom is 0.150 e. The number of hydrogen-bond donors (Lipinski definition) is 1. The molecule has 0 aromatic rings. The van der Waals surface area contributed by atoms with Gasteiger partial charge in [-0.2, -0.15) is 0 Å². The van der Waals surface area contributed by atoms with Crippen LogP contribution in [0.25, 0.3) is 0 Å². The van der Waals surface area contributed by atoms with Gasteiger partial charge >= 0.3 is 0 Å². The molecule has 0 spiro atoms. The lowest BCUT2D eigenvalue weighted by Crippen LogP contribution is -2.23. The Balaban J connectivity index is 1.98. The smallest absolute Gasteiger partial charge is 0.150 e. The van der Waals surface area contributed by atoms with E-state index in [1.165, 1.54) is 0 Å². The fraction of sp³-hybridized carbons (Fsp3) is 1.00. The second kappa shape index (κ2) is 2.70. The van der Waals surface area contributed by atoms with Crippen molar-refractivity contribution in [1.29, 1.82) is 0 Å². The molecule has 1 N–H and O–H groups in total. The van der Waals surface area contributed by atoms with Crippen LogP contribution in [-0.2, 0) is 9.84 Å². The van der Waals surface area contributed by atoms with Crippen LogP contribution in [0.2, 0.25) is 0 Å². The number of aliphatic hydroxyl groups is 1. The topological polar surface area (TPSA) is 54.4 Å². The molecule has 1 aliphatic carbocycles. The van der Waals surface area contributed by atoms with Crippen molar-refractivity contribution in [2.24, 2.45) is 11.8 Å². The van der Waals surface area contributed by atoms with Gasteiger partial charge in [-0.25, -0.2) is 8.42 Å². The molecule has 70 valence electrons. The van der Waals surface area contributed by atoms with E-state index < -0.39 is 9.84 Å². The predicted octanol–water partition coefficient (Wildman–Crippen LogP) is 0.192. The highest BCUT2D eigenvalue weighted by Crippen LogP contribution is 2.38. The van der Waals surface area contributed by atoms with Crippen LogP contribution in [0.4, 0.5) is 0 Å². The minimum absolute atomic E-state index is 0.0301. The van der Waals surface area contributed by atoms with Crippen LogP contribution < -0.4 is 0 Å². The molecule has 1 saturated heterocycles. The molecule has 1 heterocycles. The summed E-state index contributed by atoms with van der Waals surface area (Å²) in [7, 11) is -2.81. The molecule has 4 heteroatoms. The zero-order chi connectivity index (χ0) is 8.77. The minimum atomic E-state index is -2.81. The molecule has 0 radical (unpaired) electrons. The first-order valence-electron chi connectivity index (χ1n) is 4.47. The molecule has 0 bridgehead atoms. The Morgan fingerprint density at radius 1 is 1.17 bits per heavy atom. The fourth-order valence-electron chi connectivity index (χ4n) is 1.92. The highest BCUT2D eigenvalue weighted by atomic mass is 32.2. The standard InChI is InChI=1S/C8H14O3S/c9-8(6-1-2-6)7-3-4-12(10,11)5-7/h6-9H,1-5H2. The summed E-state index contributed by atoms with van der Waals surface area (Å²) in [6.07, 6.45) is 2.48. The van der Waals surface area contributed by atoms with Crippen LogP contribution in [0.15, 0.2) is 0 Å². The normalized spacial score (nSPS) is 36.6. The summed E-state index contributed by atoms with van der Waals surface area (Å²) in [6.45, 7) is 0. The van der Waals surface area contributed by atoms with Gasteiger partial charge in [0.1, 0.15) is 0 Å². The van der Waals surface area contributed by atoms with Gasteiger partial charge in [-0.05, 0) is 31.1 Å². The van der Waals surface area contributed by atoms with Crippen molar-refractivity contribution in [3.63, 3.8) is 0 Å². The third kappa shape index (κ3) is 1.64. The molecule has 0 amide bonds. The average Bonchev–Trinajstić information content (AvgIpc) is 2.75. The van der Waals surface area contributed by atoms with Crippen molar-refractivity contribution in [1.82, 2.24) is 0 Å². The largest absolute Gasteiger partial charge is 0.393 e. The summed E-state index contributed by atoms with van der Waals surface area (Å²) < 4.78 is 22.2. The first kappa shape index (κ1) is 8.51. The molecular weight excluding hydrogens is 176 g/mol. The number of aliphatic hydroxyl groups excluding tert-OH is 1. The van der Waals surface area contributed by atoms with E-state index in [1.54, 1.807) is 0 Å². The van der Waals surface area contributed by atoms with Crippen LogP contribution in [0.1, 0.15) is 19.3 Å². The van der Waals surface area contributed by atoms with E-state index in [9.17, 15) is 13.5 Å². The van der Waals surface area contributed by atoms with Crippen LogP contribution in [-0.4, -0.2) is 31.1 Å². The summed E-state index contributed by atoms with van der Waals surface area (Å²) in [5.74, 6) is 0.928. The Kier molecular flexibility index (Phi) is 1.92. The van der Waals surface area contributed by atoms with Crippen molar-refractivity contribution in [3.05, 3.63) is 0 Å². The van der Waals surface area contributed by atoms with E-state index in [4.69, 9.17) is 0 Å². The van der Waals surface area contributed by atoms with Gasteiger partial charge in [-0.1, -0.05) is 0 Å². The Bertz CT molecular complexity index is 266. The Labute approximate surface area is 72.7 Å². The van der Waals surface area contributed by atoms with Crippen molar-refractivity contribution >= 4 is 9.84 Å². The Morgan fingerprint density at radius 3 is 2.25 bits per heavy atom. The zero-order valence-corrected chi connectivity index (χ0v) is 7.76. The minimum Gasteiger partial charge on any atom is -0.393 e. The quantitative estimate of drug-likeness (QED) is 0.676. The maximum atomic E-state index is 11.1. The maximum absolute atomic E-state index is 11.1. The van der Waals surface area contributed by atoms with Crippen molar-refractivity contribution in [3.8, 4) is 0 Å². The van der Waals surface area contributed by atoms with Gasteiger partial charge in [0.05, 0.1) is 17.6 Å². The molecule has 12 heavy (non-hydrogen) atoms. The van der Waals surface area contributed by atoms with E-state index in [2.05, 4.69) is 0 Å². The lowest BCUT2D eigenvalue weighted by atomic mass is 9.98. The fourth-order valence-corrected chi connectivity index (χ4v) is 3.76. The van der Waals surface area contributed by atoms with Gasteiger partial charge in [-0.15, -0.1) is 0 Å². The predicted molar refractivity (Wildman–Crippen MR) is 45.5 cm³/mol. The van der Waals surface area contributed by atoms with E-state index in [0.717, 1.165) is 12.8 Å². The van der Waals surface area contributed by atoms with Gasteiger partial charge in [0.15, 0.2) is 9.84 Å². The molecule has 2 fully saturated rings. The van der Waals surface area contributed by atoms with Crippen molar-refractivity contribution in [2.75, 3.05) is 11.5 Å². The van der Waals surface area contributed by atoms with Crippen LogP contribution in [0, 0.1) is 11.8 Å². The SMILES string of the molecule is O=S1(=O)CCC(C(O)C2CC2)C1. The highest BCUT2D eigenvalue weighted by Gasteiger charge is 2.40. The molecule has 1 aliphatic heterocycles. The third-order valence-corrected chi connectivity index (χ3v) is 4.65. The van der Waals surface area contributed by atoms with Gasteiger partial charge in [-0.3, -0.25) is 0 Å². The molecule has 1 saturated carbocycles.